The van der Waals surface area contributed by atoms with Crippen LogP contribution in [0.1, 0.15) is 20.3 Å². The first-order chi connectivity index (χ1) is 5.24. The highest BCUT2D eigenvalue weighted by Gasteiger charge is 2.41. The minimum atomic E-state index is 0.587. The summed E-state index contributed by atoms with van der Waals surface area (Å²) in [6.45, 7) is 4.15. The summed E-state index contributed by atoms with van der Waals surface area (Å²) in [5.41, 5.74) is 3.56. The Labute approximate surface area is 67.0 Å². The van der Waals surface area contributed by atoms with Crippen LogP contribution in [-0.2, 0) is 0 Å². The van der Waals surface area contributed by atoms with Crippen molar-refractivity contribution >= 4 is 0 Å². The van der Waals surface area contributed by atoms with E-state index in [0.29, 0.717) is 11.8 Å². The lowest BCUT2D eigenvalue weighted by atomic mass is 9.94. The van der Waals surface area contributed by atoms with Crippen LogP contribution in [0.25, 0.3) is 0 Å². The predicted octanol–water partition coefficient (Wildman–Crippen LogP) is 2.42. The van der Waals surface area contributed by atoms with Crippen LogP contribution in [0.5, 0.6) is 0 Å². The summed E-state index contributed by atoms with van der Waals surface area (Å²) >= 11 is 0. The molecule has 0 N–H and O–H groups in total. The summed E-state index contributed by atoms with van der Waals surface area (Å²) < 4.78 is 0. The van der Waals surface area contributed by atoms with Crippen LogP contribution >= 0.6 is 0 Å². The number of nitrogens with zero attached hydrogens (tertiary/aromatic N) is 1. The van der Waals surface area contributed by atoms with Crippen LogP contribution in [0.4, 0.5) is 0 Å². The summed E-state index contributed by atoms with van der Waals surface area (Å²) in [5, 5.41) is 8.84. The molecule has 1 saturated carbocycles. The van der Waals surface area contributed by atoms with Crippen LogP contribution in [0.15, 0.2) is 22.8 Å². The molecule has 0 heterocycles. The lowest BCUT2D eigenvalue weighted by molar-refractivity contribution is 0.903. The summed E-state index contributed by atoms with van der Waals surface area (Å²) in [4.78, 5) is 0. The number of rotatable bonds is 0. The molecule has 0 amide bonds. The van der Waals surface area contributed by atoms with Crippen molar-refractivity contribution < 1.29 is 0 Å². The van der Waals surface area contributed by atoms with Gasteiger partial charge in [0.1, 0.15) is 0 Å². The predicted molar refractivity (Wildman–Crippen MR) is 43.7 cm³/mol. The summed E-state index contributed by atoms with van der Waals surface area (Å²) in [5.74, 6) is 1.29. The van der Waals surface area contributed by atoms with Gasteiger partial charge in [-0.3, -0.25) is 0 Å². The molecule has 0 aromatic heterocycles. The average molecular weight is 145 g/mol. The second-order valence-corrected chi connectivity index (χ2v) is 3.51. The van der Waals surface area contributed by atoms with E-state index in [-0.39, 0.29) is 0 Å². The van der Waals surface area contributed by atoms with E-state index in [1.807, 2.05) is 0 Å². The Balaban J connectivity index is 2.47. The van der Waals surface area contributed by atoms with E-state index >= 15 is 0 Å². The van der Waals surface area contributed by atoms with Crippen LogP contribution in [0.3, 0.4) is 0 Å². The third-order valence-corrected chi connectivity index (χ3v) is 2.79. The second kappa shape index (κ2) is 1.98. The van der Waals surface area contributed by atoms with E-state index < -0.39 is 0 Å². The zero-order chi connectivity index (χ0) is 8.01. The topological polar surface area (TPSA) is 23.8 Å². The number of allylic oxidation sites excluding steroid dienone is 4. The van der Waals surface area contributed by atoms with Gasteiger partial charge in [0.25, 0.3) is 0 Å². The second-order valence-electron chi connectivity index (χ2n) is 3.51. The summed E-state index contributed by atoms with van der Waals surface area (Å²) in [7, 11) is 0. The Bertz CT molecular complexity index is 301. The summed E-state index contributed by atoms with van der Waals surface area (Å²) in [6.07, 6.45) is 3.51. The molecule has 1 fully saturated rings. The van der Waals surface area contributed by atoms with Crippen LogP contribution in [0, 0.1) is 23.2 Å². The molecule has 0 bridgehead atoms. The van der Waals surface area contributed by atoms with Crippen LogP contribution < -0.4 is 0 Å². The molecule has 0 spiro atoms. The van der Waals surface area contributed by atoms with Gasteiger partial charge in [0.2, 0.25) is 0 Å². The van der Waals surface area contributed by atoms with Crippen molar-refractivity contribution in [3.8, 4) is 6.07 Å². The largest absolute Gasteiger partial charge is 0.193 e. The van der Waals surface area contributed by atoms with Gasteiger partial charge in [-0.25, -0.2) is 0 Å². The lowest BCUT2D eigenvalue weighted by Gasteiger charge is -2.10. The minimum absolute atomic E-state index is 0.587. The molecule has 56 valence electrons. The van der Waals surface area contributed by atoms with Crippen molar-refractivity contribution in [3.63, 3.8) is 0 Å². The molecule has 2 rings (SSSR count). The Morgan fingerprint density at radius 3 is 2.91 bits per heavy atom. The smallest absolute Gasteiger partial charge is 0.0953 e. The van der Waals surface area contributed by atoms with Crippen molar-refractivity contribution in [1.29, 1.82) is 5.26 Å². The molecule has 2 unspecified atom stereocenters. The molecule has 11 heavy (non-hydrogen) atoms. The van der Waals surface area contributed by atoms with Gasteiger partial charge in [0, 0.05) is 11.5 Å². The van der Waals surface area contributed by atoms with Crippen molar-refractivity contribution in [2.75, 3.05) is 0 Å². The molecule has 0 radical (unpaired) electrons. The zero-order valence-electron chi connectivity index (χ0n) is 6.89. The van der Waals surface area contributed by atoms with Gasteiger partial charge in [-0.15, -0.1) is 0 Å². The van der Waals surface area contributed by atoms with E-state index in [9.17, 15) is 0 Å². The maximum absolute atomic E-state index is 8.84. The quantitative estimate of drug-likeness (QED) is 0.513. The molecule has 0 aromatic rings. The van der Waals surface area contributed by atoms with Crippen molar-refractivity contribution in [1.82, 2.24) is 0 Å². The Hall–Kier alpha value is -1.03. The van der Waals surface area contributed by atoms with Gasteiger partial charge in [0.05, 0.1) is 6.07 Å². The van der Waals surface area contributed by atoms with Crippen molar-refractivity contribution in [2.45, 2.75) is 20.3 Å². The monoisotopic (exact) mass is 145 g/mol. The zero-order valence-corrected chi connectivity index (χ0v) is 6.89. The fourth-order valence-electron chi connectivity index (χ4n) is 1.83. The Morgan fingerprint density at radius 1 is 1.55 bits per heavy atom. The molecule has 0 aromatic carbocycles. The van der Waals surface area contributed by atoms with Gasteiger partial charge < -0.3 is 0 Å². The maximum Gasteiger partial charge on any atom is 0.0953 e. The molecule has 1 nitrogen and oxygen atoms in total. The van der Waals surface area contributed by atoms with Crippen LogP contribution in [0.2, 0.25) is 0 Å². The summed E-state index contributed by atoms with van der Waals surface area (Å²) in [6, 6.07) is 2.31. The molecule has 0 aliphatic heterocycles. The van der Waals surface area contributed by atoms with Gasteiger partial charge >= 0.3 is 0 Å². The Morgan fingerprint density at radius 2 is 2.27 bits per heavy atom. The van der Waals surface area contributed by atoms with Gasteiger partial charge in [-0.2, -0.15) is 5.26 Å². The average Bonchev–Trinajstić information content (AvgIpc) is 2.69. The SMILES string of the molecule is CC1=CC2CC2C(C#N)=C1C. The number of hydrogen-bond acceptors (Lipinski definition) is 1. The maximum atomic E-state index is 8.84. The first-order valence-corrected chi connectivity index (χ1v) is 4.03. The van der Waals surface area contributed by atoms with E-state index in [2.05, 4.69) is 26.0 Å². The third kappa shape index (κ3) is 0.826. The normalized spacial score (nSPS) is 34.1. The van der Waals surface area contributed by atoms with E-state index in [0.717, 1.165) is 5.57 Å². The molecular formula is C10H11N. The van der Waals surface area contributed by atoms with Crippen molar-refractivity contribution in [3.05, 3.63) is 22.8 Å². The molecule has 2 aliphatic rings. The number of fused-ring (bicyclic) bond motifs is 1. The number of nitriles is 1. The molecule has 2 atom stereocenters. The molecule has 1 heteroatoms. The van der Waals surface area contributed by atoms with E-state index in [4.69, 9.17) is 5.26 Å². The fraction of sp³-hybridized carbons (Fsp3) is 0.500. The van der Waals surface area contributed by atoms with E-state index in [1.54, 1.807) is 0 Å². The molecule has 2 aliphatic carbocycles. The first-order valence-electron chi connectivity index (χ1n) is 4.03. The van der Waals surface area contributed by atoms with Crippen molar-refractivity contribution in [2.24, 2.45) is 11.8 Å². The first kappa shape index (κ1) is 6.67. The lowest BCUT2D eigenvalue weighted by Crippen LogP contribution is -1.97. The third-order valence-electron chi connectivity index (χ3n) is 2.79. The fourth-order valence-corrected chi connectivity index (χ4v) is 1.83. The highest BCUT2D eigenvalue weighted by Crippen LogP contribution is 2.50. The number of hydrogen-bond donors (Lipinski definition) is 0. The van der Waals surface area contributed by atoms with Gasteiger partial charge in [-0.05, 0) is 31.8 Å². The molecular weight excluding hydrogens is 134 g/mol. The Kier molecular flexibility index (Phi) is 1.20. The van der Waals surface area contributed by atoms with Crippen LogP contribution in [-0.4, -0.2) is 0 Å². The van der Waals surface area contributed by atoms with E-state index in [1.165, 1.54) is 17.6 Å². The highest BCUT2D eigenvalue weighted by molar-refractivity contribution is 5.48. The standard InChI is InChI=1S/C10H11N/c1-6-3-8-4-9(8)10(5-11)7(6)2/h3,8-9H,4H2,1-2H3. The molecule has 0 saturated heterocycles. The highest BCUT2D eigenvalue weighted by atomic mass is 14.5. The van der Waals surface area contributed by atoms with Gasteiger partial charge in [0.15, 0.2) is 0 Å². The van der Waals surface area contributed by atoms with Gasteiger partial charge in [-0.1, -0.05) is 11.6 Å². The minimum Gasteiger partial charge on any atom is -0.193 e.